The molecule has 0 aromatic rings. The minimum absolute atomic E-state index is 0.269. The normalized spacial score (nSPS) is 32.2. The molecule has 66 valence electrons. The van der Waals surface area contributed by atoms with Gasteiger partial charge in [-0.3, -0.25) is 0 Å². The number of ether oxygens (including phenoxy) is 3. The SMILES string of the molecule is CCCO[C@H]1OCC[C@@H](C)O1. The third kappa shape index (κ3) is 3.18. The Hall–Kier alpha value is -0.120. The molecule has 0 bridgehead atoms. The summed E-state index contributed by atoms with van der Waals surface area (Å²) in [4.78, 5) is 0. The smallest absolute Gasteiger partial charge is 0.271 e. The maximum atomic E-state index is 5.34. The van der Waals surface area contributed by atoms with E-state index in [1.807, 2.05) is 6.92 Å². The molecular formula is C8H16O3. The second-order valence-electron chi connectivity index (χ2n) is 2.77. The second-order valence-corrected chi connectivity index (χ2v) is 2.77. The van der Waals surface area contributed by atoms with E-state index in [0.717, 1.165) is 19.4 Å². The molecule has 0 unspecified atom stereocenters. The van der Waals surface area contributed by atoms with Crippen LogP contribution in [0.2, 0.25) is 0 Å². The van der Waals surface area contributed by atoms with Crippen LogP contribution < -0.4 is 0 Å². The van der Waals surface area contributed by atoms with Gasteiger partial charge in [0.1, 0.15) is 0 Å². The van der Waals surface area contributed by atoms with Crippen LogP contribution in [-0.4, -0.2) is 25.8 Å². The Morgan fingerprint density at radius 3 is 3.00 bits per heavy atom. The number of hydrogen-bond acceptors (Lipinski definition) is 3. The highest BCUT2D eigenvalue weighted by Gasteiger charge is 2.19. The van der Waals surface area contributed by atoms with E-state index in [2.05, 4.69) is 6.92 Å². The monoisotopic (exact) mass is 160 g/mol. The van der Waals surface area contributed by atoms with Crippen LogP contribution in [-0.2, 0) is 14.2 Å². The van der Waals surface area contributed by atoms with E-state index in [0.29, 0.717) is 6.61 Å². The maximum Gasteiger partial charge on any atom is 0.271 e. The molecule has 0 saturated carbocycles. The molecule has 0 amide bonds. The topological polar surface area (TPSA) is 27.7 Å². The zero-order chi connectivity index (χ0) is 8.10. The quantitative estimate of drug-likeness (QED) is 0.626. The van der Waals surface area contributed by atoms with Crippen molar-refractivity contribution in [2.24, 2.45) is 0 Å². The summed E-state index contributed by atoms with van der Waals surface area (Å²) in [6.07, 6.45) is 2.23. The molecule has 1 rings (SSSR count). The predicted octanol–water partition coefficient (Wildman–Crippen LogP) is 1.52. The van der Waals surface area contributed by atoms with Crippen LogP contribution in [0, 0.1) is 0 Å². The maximum absolute atomic E-state index is 5.34. The van der Waals surface area contributed by atoms with Crippen LogP contribution in [0.4, 0.5) is 0 Å². The molecule has 11 heavy (non-hydrogen) atoms. The van der Waals surface area contributed by atoms with Crippen LogP contribution >= 0.6 is 0 Å². The van der Waals surface area contributed by atoms with Gasteiger partial charge < -0.3 is 14.2 Å². The van der Waals surface area contributed by atoms with Gasteiger partial charge in [-0.2, -0.15) is 0 Å². The summed E-state index contributed by atoms with van der Waals surface area (Å²) >= 11 is 0. The van der Waals surface area contributed by atoms with Crippen molar-refractivity contribution >= 4 is 0 Å². The van der Waals surface area contributed by atoms with E-state index in [1.54, 1.807) is 0 Å². The van der Waals surface area contributed by atoms with Gasteiger partial charge in [0.25, 0.3) is 6.48 Å². The van der Waals surface area contributed by atoms with Gasteiger partial charge in [0.2, 0.25) is 0 Å². The van der Waals surface area contributed by atoms with Gasteiger partial charge in [-0.05, 0) is 19.8 Å². The first-order valence-electron chi connectivity index (χ1n) is 4.21. The van der Waals surface area contributed by atoms with E-state index in [9.17, 15) is 0 Å². The lowest BCUT2D eigenvalue weighted by Crippen LogP contribution is -2.32. The van der Waals surface area contributed by atoms with Gasteiger partial charge in [0.05, 0.1) is 19.3 Å². The Balaban J connectivity index is 2.12. The molecule has 1 fully saturated rings. The summed E-state index contributed by atoms with van der Waals surface area (Å²) in [5, 5.41) is 0. The van der Waals surface area contributed by atoms with Crippen molar-refractivity contribution in [1.82, 2.24) is 0 Å². The summed E-state index contributed by atoms with van der Waals surface area (Å²) in [6, 6.07) is 0. The minimum Gasteiger partial charge on any atom is -0.330 e. The standard InChI is InChI=1S/C8H16O3/c1-3-5-9-8-10-6-4-7(2)11-8/h7-8H,3-6H2,1-2H3/t7-,8+/m1/s1. The molecule has 1 heterocycles. The molecule has 2 atom stereocenters. The van der Waals surface area contributed by atoms with Crippen LogP contribution in [0.1, 0.15) is 26.7 Å². The summed E-state index contributed by atoms with van der Waals surface area (Å²) in [7, 11) is 0. The third-order valence-electron chi connectivity index (χ3n) is 1.58. The highest BCUT2D eigenvalue weighted by atomic mass is 16.8. The fraction of sp³-hybridized carbons (Fsp3) is 1.00. The zero-order valence-corrected chi connectivity index (χ0v) is 7.21. The Labute approximate surface area is 67.6 Å². The van der Waals surface area contributed by atoms with Gasteiger partial charge in [-0.25, -0.2) is 0 Å². The summed E-state index contributed by atoms with van der Waals surface area (Å²) in [5.41, 5.74) is 0. The van der Waals surface area contributed by atoms with E-state index >= 15 is 0 Å². The average Bonchev–Trinajstić information content (AvgIpc) is 2.01. The van der Waals surface area contributed by atoms with Crippen molar-refractivity contribution in [3.8, 4) is 0 Å². The highest BCUT2D eigenvalue weighted by molar-refractivity contribution is 4.53. The molecule has 3 nitrogen and oxygen atoms in total. The zero-order valence-electron chi connectivity index (χ0n) is 7.21. The van der Waals surface area contributed by atoms with Crippen molar-refractivity contribution in [2.45, 2.75) is 39.3 Å². The molecule has 0 radical (unpaired) electrons. The van der Waals surface area contributed by atoms with Gasteiger partial charge in [0, 0.05) is 0 Å². The van der Waals surface area contributed by atoms with Crippen LogP contribution in [0.5, 0.6) is 0 Å². The Morgan fingerprint density at radius 1 is 1.55 bits per heavy atom. The van der Waals surface area contributed by atoms with Gasteiger partial charge in [-0.15, -0.1) is 0 Å². The fourth-order valence-electron chi connectivity index (χ4n) is 0.929. The number of rotatable bonds is 3. The third-order valence-corrected chi connectivity index (χ3v) is 1.58. The lowest BCUT2D eigenvalue weighted by Gasteiger charge is -2.27. The Bertz CT molecular complexity index is 106. The van der Waals surface area contributed by atoms with Gasteiger partial charge in [0.15, 0.2) is 0 Å². The van der Waals surface area contributed by atoms with E-state index in [4.69, 9.17) is 14.2 Å². The summed E-state index contributed by atoms with van der Waals surface area (Å²) < 4.78 is 15.8. The van der Waals surface area contributed by atoms with Crippen molar-refractivity contribution in [3.05, 3.63) is 0 Å². The molecular weight excluding hydrogens is 144 g/mol. The highest BCUT2D eigenvalue weighted by Crippen LogP contribution is 2.12. The molecule has 1 saturated heterocycles. The first-order chi connectivity index (χ1) is 5.33. The minimum atomic E-state index is -0.418. The molecule has 3 heteroatoms. The molecule has 0 aromatic heterocycles. The van der Waals surface area contributed by atoms with Crippen LogP contribution in [0.15, 0.2) is 0 Å². The first kappa shape index (κ1) is 8.97. The van der Waals surface area contributed by atoms with Crippen molar-refractivity contribution in [2.75, 3.05) is 13.2 Å². The molecule has 0 N–H and O–H groups in total. The molecule has 1 aliphatic rings. The van der Waals surface area contributed by atoms with E-state index < -0.39 is 6.48 Å². The second kappa shape index (κ2) is 4.70. The molecule has 0 spiro atoms. The lowest BCUT2D eigenvalue weighted by atomic mass is 10.3. The summed E-state index contributed by atoms with van der Waals surface area (Å²) in [6.45, 7) is 5.13. The molecule has 1 aliphatic heterocycles. The van der Waals surface area contributed by atoms with Crippen molar-refractivity contribution in [1.29, 1.82) is 0 Å². The van der Waals surface area contributed by atoms with Crippen molar-refractivity contribution in [3.63, 3.8) is 0 Å². The van der Waals surface area contributed by atoms with Gasteiger partial charge in [-0.1, -0.05) is 6.92 Å². The predicted molar refractivity (Wildman–Crippen MR) is 41.1 cm³/mol. The average molecular weight is 160 g/mol. The summed E-state index contributed by atoms with van der Waals surface area (Å²) in [5.74, 6) is 0. The Kier molecular flexibility index (Phi) is 3.83. The first-order valence-corrected chi connectivity index (χ1v) is 4.21. The Morgan fingerprint density at radius 2 is 2.36 bits per heavy atom. The number of hydrogen-bond donors (Lipinski definition) is 0. The van der Waals surface area contributed by atoms with Crippen LogP contribution in [0.25, 0.3) is 0 Å². The van der Waals surface area contributed by atoms with Crippen molar-refractivity contribution < 1.29 is 14.2 Å². The largest absolute Gasteiger partial charge is 0.330 e. The van der Waals surface area contributed by atoms with Gasteiger partial charge >= 0.3 is 0 Å². The molecule has 0 aliphatic carbocycles. The van der Waals surface area contributed by atoms with Crippen LogP contribution in [0.3, 0.4) is 0 Å². The fourth-order valence-corrected chi connectivity index (χ4v) is 0.929. The van der Waals surface area contributed by atoms with E-state index in [1.165, 1.54) is 0 Å². The van der Waals surface area contributed by atoms with E-state index in [-0.39, 0.29) is 6.10 Å². The molecule has 0 aromatic carbocycles. The lowest BCUT2D eigenvalue weighted by molar-refractivity contribution is -0.327.